The van der Waals surface area contributed by atoms with E-state index in [4.69, 9.17) is 30.4 Å². The van der Waals surface area contributed by atoms with E-state index >= 15 is 0 Å². The first-order chi connectivity index (χ1) is 24.0. The van der Waals surface area contributed by atoms with Crippen molar-refractivity contribution in [2.45, 2.75) is 72.1 Å². The summed E-state index contributed by atoms with van der Waals surface area (Å²) >= 11 is 0. The van der Waals surface area contributed by atoms with E-state index in [-0.39, 0.29) is 56.4 Å². The van der Waals surface area contributed by atoms with Gasteiger partial charge in [-0.25, -0.2) is 14.4 Å². The first-order valence-electron chi connectivity index (χ1n) is 17.4. The van der Waals surface area contributed by atoms with Gasteiger partial charge in [0.1, 0.15) is 13.2 Å². The van der Waals surface area contributed by atoms with Crippen molar-refractivity contribution in [3.05, 3.63) is 29.8 Å². The molecular weight excluding hydrogens is 662 g/mol. The number of carbonyl (C=O) groups excluding carboxylic acids is 5. The molecule has 0 bridgehead atoms. The van der Waals surface area contributed by atoms with Crippen molar-refractivity contribution < 1.29 is 42.9 Å². The average Bonchev–Trinajstić information content (AvgIpc) is 3.07. The molecule has 0 unspecified atom stereocenters. The highest BCUT2D eigenvalue weighted by atomic mass is 16.6. The van der Waals surface area contributed by atoms with E-state index in [2.05, 4.69) is 41.6 Å². The molecule has 0 aliphatic carbocycles. The molecule has 0 spiro atoms. The van der Waals surface area contributed by atoms with Crippen LogP contribution in [0, 0.1) is 11.8 Å². The highest BCUT2D eigenvalue weighted by Crippen LogP contribution is 2.20. The van der Waals surface area contributed by atoms with Gasteiger partial charge in [-0.2, -0.15) is 0 Å². The largest absolute Gasteiger partial charge is 0.447 e. The van der Waals surface area contributed by atoms with E-state index in [9.17, 15) is 24.0 Å². The standard InChI is InChI=1S/C35H61N7O9/c1-25(2)30(40-33(46)50-22-21-49-20-19-48-18-14-36)29(43)23-27(9-8-15-38-32(37)45)31(44)39-28-12-10-26(11-13-28)24-51-34(47)41(6)16-17-42(7)35(3,4)5/h10-13,25,27,30H,8-9,14-24,36H2,1-7H3,(H,39,44)(H,40,46)(H3,37,38,45)/t27-,30+/m1/s1. The van der Waals surface area contributed by atoms with E-state index in [1.54, 1.807) is 45.2 Å². The molecule has 0 aliphatic heterocycles. The Morgan fingerprint density at radius 2 is 1.51 bits per heavy atom. The van der Waals surface area contributed by atoms with Gasteiger partial charge in [0.05, 0.1) is 32.5 Å². The summed E-state index contributed by atoms with van der Waals surface area (Å²) in [5.74, 6) is -1.80. The quantitative estimate of drug-likeness (QED) is 0.0977. The summed E-state index contributed by atoms with van der Waals surface area (Å²) in [4.78, 5) is 66.6. The zero-order valence-electron chi connectivity index (χ0n) is 31.5. The molecule has 5 amide bonds. The summed E-state index contributed by atoms with van der Waals surface area (Å²) in [6.45, 7) is 13.0. The summed E-state index contributed by atoms with van der Waals surface area (Å²) in [6.07, 6.45) is -0.720. The summed E-state index contributed by atoms with van der Waals surface area (Å²) in [5, 5.41) is 7.94. The Balaban J connectivity index is 2.76. The molecule has 16 nitrogen and oxygen atoms in total. The number of nitrogens with zero attached hydrogens (tertiary/aromatic N) is 2. The zero-order chi connectivity index (χ0) is 38.4. The van der Waals surface area contributed by atoms with E-state index in [0.717, 1.165) is 5.56 Å². The second-order valence-corrected chi connectivity index (χ2v) is 13.6. The summed E-state index contributed by atoms with van der Waals surface area (Å²) < 4.78 is 21.2. The predicted octanol–water partition coefficient (Wildman–Crippen LogP) is 2.69. The zero-order valence-corrected chi connectivity index (χ0v) is 31.5. The fourth-order valence-corrected chi connectivity index (χ4v) is 4.55. The molecular formula is C35H61N7O9. The highest BCUT2D eigenvalue weighted by Gasteiger charge is 2.30. The maximum absolute atomic E-state index is 13.4. The number of hydrogen-bond donors (Lipinski definition) is 5. The normalized spacial score (nSPS) is 12.6. The third-order valence-electron chi connectivity index (χ3n) is 8.04. The number of primary amides is 1. The predicted molar refractivity (Wildman–Crippen MR) is 194 cm³/mol. The third kappa shape index (κ3) is 19.8. The minimum absolute atomic E-state index is 0.0131. The van der Waals surface area contributed by atoms with Crippen LogP contribution in [-0.4, -0.2) is 125 Å². The fraction of sp³-hybridized carbons (Fsp3) is 0.686. The van der Waals surface area contributed by atoms with Gasteiger partial charge in [-0.15, -0.1) is 0 Å². The number of alkyl carbamates (subject to hydrolysis) is 1. The van der Waals surface area contributed by atoms with Crippen molar-refractivity contribution in [2.75, 3.05) is 78.6 Å². The molecule has 0 aliphatic rings. The van der Waals surface area contributed by atoms with Crippen molar-refractivity contribution in [1.82, 2.24) is 20.4 Å². The topological polar surface area (TPSA) is 217 Å². The molecule has 7 N–H and O–H groups in total. The minimum atomic E-state index is -0.900. The van der Waals surface area contributed by atoms with Gasteiger partial charge in [0.15, 0.2) is 5.78 Å². The Kier molecular flexibility index (Phi) is 21.4. The smallest absolute Gasteiger partial charge is 0.409 e. The van der Waals surface area contributed by atoms with Gasteiger partial charge in [0.2, 0.25) is 5.91 Å². The van der Waals surface area contributed by atoms with Crippen LogP contribution in [0.3, 0.4) is 0 Å². The van der Waals surface area contributed by atoms with Gasteiger partial charge < -0.3 is 51.3 Å². The summed E-state index contributed by atoms with van der Waals surface area (Å²) in [5.41, 5.74) is 11.7. The first-order valence-corrected chi connectivity index (χ1v) is 17.4. The third-order valence-corrected chi connectivity index (χ3v) is 8.04. The number of hydrogen-bond acceptors (Lipinski definition) is 11. The number of Topliss-reactive ketones (excluding diaryl/α,β-unsaturated/α-hetero) is 1. The van der Waals surface area contributed by atoms with E-state index < -0.39 is 36.1 Å². The lowest BCUT2D eigenvalue weighted by Gasteiger charge is -2.33. The maximum Gasteiger partial charge on any atom is 0.409 e. The van der Waals surface area contributed by atoms with Gasteiger partial charge >= 0.3 is 18.2 Å². The molecule has 290 valence electrons. The second-order valence-electron chi connectivity index (χ2n) is 13.6. The molecule has 0 aromatic heterocycles. The van der Waals surface area contributed by atoms with E-state index in [1.807, 2.05) is 7.05 Å². The lowest BCUT2D eigenvalue weighted by Crippen LogP contribution is -2.46. The van der Waals surface area contributed by atoms with Crippen molar-refractivity contribution >= 4 is 35.6 Å². The summed E-state index contributed by atoms with van der Waals surface area (Å²) in [6, 6.07) is 5.24. The van der Waals surface area contributed by atoms with E-state index in [1.165, 1.54) is 4.90 Å². The molecule has 51 heavy (non-hydrogen) atoms. The van der Waals surface area contributed by atoms with Crippen LogP contribution >= 0.6 is 0 Å². The number of amides is 5. The van der Waals surface area contributed by atoms with E-state index in [0.29, 0.717) is 51.6 Å². The number of ether oxygens (including phenoxy) is 4. The molecule has 16 heteroatoms. The number of nitrogens with one attached hydrogen (secondary N) is 3. The first kappa shape index (κ1) is 45.0. The van der Waals surface area contributed by atoms with Crippen LogP contribution in [0.2, 0.25) is 0 Å². The van der Waals surface area contributed by atoms with Gasteiger partial charge in [0, 0.05) is 56.8 Å². The van der Waals surface area contributed by atoms with Crippen LogP contribution in [0.15, 0.2) is 24.3 Å². The molecule has 1 aromatic carbocycles. The van der Waals surface area contributed by atoms with Crippen LogP contribution in [0.4, 0.5) is 20.1 Å². The number of anilines is 1. The Bertz CT molecular complexity index is 1210. The van der Waals surface area contributed by atoms with Gasteiger partial charge in [-0.05, 0) is 64.3 Å². The van der Waals surface area contributed by atoms with Crippen LogP contribution in [-0.2, 0) is 35.1 Å². The van der Waals surface area contributed by atoms with Crippen LogP contribution < -0.4 is 27.4 Å². The Hall–Kier alpha value is -3.99. The number of likely N-dealkylation sites (N-methyl/N-ethyl adjacent to an activating group) is 2. The lowest BCUT2D eigenvalue weighted by molar-refractivity contribution is -0.128. The molecule has 0 fully saturated rings. The van der Waals surface area contributed by atoms with Crippen LogP contribution in [0.25, 0.3) is 0 Å². The van der Waals surface area contributed by atoms with Crippen molar-refractivity contribution in [2.24, 2.45) is 23.3 Å². The number of nitrogens with two attached hydrogens (primary N) is 2. The van der Waals surface area contributed by atoms with Gasteiger partial charge in [-0.3, -0.25) is 14.5 Å². The maximum atomic E-state index is 13.4. The van der Waals surface area contributed by atoms with Gasteiger partial charge in [0.25, 0.3) is 0 Å². The Morgan fingerprint density at radius 3 is 2.10 bits per heavy atom. The van der Waals surface area contributed by atoms with Crippen molar-refractivity contribution in [1.29, 1.82) is 0 Å². The number of carbonyl (C=O) groups is 5. The van der Waals surface area contributed by atoms with Crippen LogP contribution in [0.5, 0.6) is 0 Å². The molecule has 1 aromatic rings. The Morgan fingerprint density at radius 1 is 0.882 bits per heavy atom. The molecule has 2 atom stereocenters. The van der Waals surface area contributed by atoms with Crippen molar-refractivity contribution in [3.8, 4) is 0 Å². The van der Waals surface area contributed by atoms with Crippen molar-refractivity contribution in [3.63, 3.8) is 0 Å². The van der Waals surface area contributed by atoms with Crippen LogP contribution in [0.1, 0.15) is 59.4 Å². The monoisotopic (exact) mass is 723 g/mol. The summed E-state index contributed by atoms with van der Waals surface area (Å²) in [7, 11) is 3.69. The Labute approximate surface area is 302 Å². The minimum Gasteiger partial charge on any atom is -0.447 e. The number of benzene rings is 1. The average molecular weight is 724 g/mol. The van der Waals surface area contributed by atoms with Gasteiger partial charge in [-0.1, -0.05) is 26.0 Å². The lowest BCUT2D eigenvalue weighted by atomic mass is 9.89. The SMILES string of the molecule is CC(C)[C@H](NC(=O)OCCOCCOCCN)C(=O)C[C@@H](CCCNC(N)=O)C(=O)Nc1ccc(COC(=O)N(C)CCN(C)C(C)(C)C)cc1. The highest BCUT2D eigenvalue weighted by molar-refractivity contribution is 5.97. The second kappa shape index (κ2) is 24.2. The molecule has 1 rings (SSSR count). The molecule has 0 saturated carbocycles. The number of ketones is 1. The molecule has 0 saturated heterocycles. The number of urea groups is 1. The molecule has 0 radical (unpaired) electrons. The fourth-order valence-electron chi connectivity index (χ4n) is 4.55. The molecule has 0 heterocycles. The number of rotatable bonds is 24.